The Morgan fingerprint density at radius 2 is 2.00 bits per heavy atom. The molecule has 1 atom stereocenters. The molecule has 0 saturated carbocycles. The van der Waals surface area contributed by atoms with Crippen molar-refractivity contribution in [2.24, 2.45) is 0 Å². The normalized spacial score (nSPS) is 14.0. The van der Waals surface area contributed by atoms with Crippen molar-refractivity contribution in [1.82, 2.24) is 0 Å². The number of halogens is 1. The summed E-state index contributed by atoms with van der Waals surface area (Å²) in [6, 6.07) is 0. The maximum Gasteiger partial charge on any atom is 0.303 e. The molecule has 4 nitrogen and oxygen atoms in total. The Bertz CT molecular complexity index is 260. The van der Waals surface area contributed by atoms with Crippen molar-refractivity contribution in [3.05, 3.63) is 0 Å². The summed E-state index contributed by atoms with van der Waals surface area (Å²) in [7, 11) is -3.03. The lowest BCUT2D eigenvalue weighted by Gasteiger charge is -2.05. The van der Waals surface area contributed by atoms with Gasteiger partial charge in [-0.25, -0.2) is 8.42 Å². The van der Waals surface area contributed by atoms with Gasteiger partial charge in [0.05, 0.1) is 0 Å². The number of alkyl halides is 1. The summed E-state index contributed by atoms with van der Waals surface area (Å²) in [4.78, 5) is 10.1. The van der Waals surface area contributed by atoms with Crippen molar-refractivity contribution in [3.63, 3.8) is 0 Å². The predicted molar refractivity (Wildman–Crippen MR) is 53.7 cm³/mol. The van der Waals surface area contributed by atoms with Gasteiger partial charge in [0.1, 0.15) is 4.16 Å². The Balaban J connectivity index is 3.61. The summed E-state index contributed by atoms with van der Waals surface area (Å²) in [6.45, 7) is 0. The summed E-state index contributed by atoms with van der Waals surface area (Å²) < 4.78 is 21.2. The molecular formula is C7H13BrO4S. The Morgan fingerprint density at radius 3 is 2.38 bits per heavy atom. The highest BCUT2D eigenvalue weighted by Gasteiger charge is 2.15. The standard InChI is InChI=1S/C7H13BrO4S/c1-13(11,12)6(8)4-2-3-5-7(9)10/h6H,2-5H2,1H3,(H,9,10). The highest BCUT2D eigenvalue weighted by molar-refractivity contribution is 9.11. The fraction of sp³-hybridized carbons (Fsp3) is 0.857. The number of carboxylic acids is 1. The maximum absolute atomic E-state index is 10.9. The number of sulfone groups is 1. The summed E-state index contributed by atoms with van der Waals surface area (Å²) in [5.74, 6) is -0.842. The van der Waals surface area contributed by atoms with Gasteiger partial charge >= 0.3 is 5.97 Å². The van der Waals surface area contributed by atoms with E-state index in [1.165, 1.54) is 0 Å². The Labute approximate surface area is 86.4 Å². The second-order valence-corrected chi connectivity index (χ2v) is 6.82. The molecule has 0 aliphatic rings. The number of hydrogen-bond acceptors (Lipinski definition) is 3. The monoisotopic (exact) mass is 272 g/mol. The van der Waals surface area contributed by atoms with Gasteiger partial charge < -0.3 is 5.11 Å². The summed E-state index contributed by atoms with van der Waals surface area (Å²) in [6.07, 6.45) is 2.85. The van der Waals surface area contributed by atoms with Crippen molar-refractivity contribution in [2.45, 2.75) is 29.8 Å². The molecule has 0 aromatic carbocycles. The third kappa shape index (κ3) is 7.01. The van der Waals surface area contributed by atoms with E-state index in [4.69, 9.17) is 5.11 Å². The molecule has 0 amide bonds. The number of unbranched alkanes of at least 4 members (excludes halogenated alkanes) is 1. The van der Waals surface area contributed by atoms with E-state index < -0.39 is 20.0 Å². The predicted octanol–water partition coefficient (Wildman–Crippen LogP) is 1.40. The van der Waals surface area contributed by atoms with Crippen LogP contribution in [0.25, 0.3) is 0 Å². The second kappa shape index (κ2) is 5.59. The first kappa shape index (κ1) is 12.9. The molecule has 6 heteroatoms. The molecule has 0 fully saturated rings. The Morgan fingerprint density at radius 1 is 1.46 bits per heavy atom. The number of aliphatic carboxylic acids is 1. The van der Waals surface area contributed by atoms with Crippen LogP contribution in [-0.2, 0) is 14.6 Å². The van der Waals surface area contributed by atoms with Crippen LogP contribution in [0, 0.1) is 0 Å². The van der Waals surface area contributed by atoms with Gasteiger partial charge in [-0.3, -0.25) is 4.79 Å². The summed E-state index contributed by atoms with van der Waals surface area (Å²) >= 11 is 3.03. The third-order valence-corrected chi connectivity index (χ3v) is 5.20. The van der Waals surface area contributed by atoms with Crippen molar-refractivity contribution in [1.29, 1.82) is 0 Å². The van der Waals surface area contributed by atoms with Crippen LogP contribution in [0.2, 0.25) is 0 Å². The first-order valence-electron chi connectivity index (χ1n) is 3.89. The van der Waals surface area contributed by atoms with Crippen LogP contribution in [0.1, 0.15) is 25.7 Å². The zero-order valence-electron chi connectivity index (χ0n) is 7.36. The van der Waals surface area contributed by atoms with Crippen LogP contribution < -0.4 is 0 Å². The minimum absolute atomic E-state index is 0.101. The molecule has 0 bridgehead atoms. The topological polar surface area (TPSA) is 71.4 Å². The van der Waals surface area contributed by atoms with Crippen molar-refractivity contribution in [3.8, 4) is 0 Å². The van der Waals surface area contributed by atoms with Gasteiger partial charge in [0, 0.05) is 12.7 Å². The van der Waals surface area contributed by atoms with Gasteiger partial charge in [-0.15, -0.1) is 0 Å². The van der Waals surface area contributed by atoms with Crippen molar-refractivity contribution in [2.75, 3.05) is 6.26 Å². The zero-order valence-corrected chi connectivity index (χ0v) is 9.77. The van der Waals surface area contributed by atoms with Crippen LogP contribution in [0.4, 0.5) is 0 Å². The molecule has 13 heavy (non-hydrogen) atoms. The van der Waals surface area contributed by atoms with E-state index in [0.29, 0.717) is 19.3 Å². The van der Waals surface area contributed by atoms with Crippen LogP contribution in [0.5, 0.6) is 0 Å². The average Bonchev–Trinajstić information content (AvgIpc) is 1.95. The SMILES string of the molecule is CS(=O)(=O)C(Br)CCCCC(=O)O. The van der Waals surface area contributed by atoms with Crippen LogP contribution in [0.15, 0.2) is 0 Å². The van der Waals surface area contributed by atoms with E-state index in [1.54, 1.807) is 0 Å². The van der Waals surface area contributed by atoms with Gasteiger partial charge in [0.15, 0.2) is 9.84 Å². The smallest absolute Gasteiger partial charge is 0.303 e. The number of hydrogen-bond donors (Lipinski definition) is 1. The quantitative estimate of drug-likeness (QED) is 0.586. The van der Waals surface area contributed by atoms with Gasteiger partial charge in [0.25, 0.3) is 0 Å². The molecule has 0 aromatic heterocycles. The van der Waals surface area contributed by atoms with Gasteiger partial charge in [-0.1, -0.05) is 22.4 Å². The molecule has 1 unspecified atom stereocenters. The van der Waals surface area contributed by atoms with E-state index in [2.05, 4.69) is 15.9 Å². The minimum atomic E-state index is -3.03. The van der Waals surface area contributed by atoms with E-state index in [9.17, 15) is 13.2 Å². The van der Waals surface area contributed by atoms with Crippen molar-refractivity contribution < 1.29 is 18.3 Å². The number of carbonyl (C=O) groups is 1. The third-order valence-electron chi connectivity index (χ3n) is 1.54. The summed E-state index contributed by atoms with van der Waals surface area (Å²) in [5.41, 5.74) is 0. The van der Waals surface area contributed by atoms with Gasteiger partial charge in [0.2, 0.25) is 0 Å². The lowest BCUT2D eigenvalue weighted by molar-refractivity contribution is -0.137. The molecule has 0 heterocycles. The van der Waals surface area contributed by atoms with Crippen LogP contribution in [-0.4, -0.2) is 29.9 Å². The van der Waals surface area contributed by atoms with Crippen LogP contribution >= 0.6 is 15.9 Å². The molecule has 78 valence electrons. The average molecular weight is 273 g/mol. The summed E-state index contributed by atoms with van der Waals surface area (Å²) in [5, 5.41) is 8.31. The highest BCUT2D eigenvalue weighted by Crippen LogP contribution is 2.16. The Hall–Kier alpha value is -0.100. The first-order chi connectivity index (χ1) is 5.84. The fourth-order valence-electron chi connectivity index (χ4n) is 0.795. The van der Waals surface area contributed by atoms with Gasteiger partial charge in [-0.05, 0) is 12.8 Å². The molecule has 0 aromatic rings. The fourth-order valence-corrected chi connectivity index (χ4v) is 1.71. The minimum Gasteiger partial charge on any atom is -0.481 e. The largest absolute Gasteiger partial charge is 0.481 e. The van der Waals surface area contributed by atoms with E-state index in [-0.39, 0.29) is 6.42 Å². The molecule has 0 radical (unpaired) electrons. The molecule has 0 rings (SSSR count). The first-order valence-corrected chi connectivity index (χ1v) is 6.76. The molecule has 0 saturated heterocycles. The number of rotatable bonds is 6. The highest BCUT2D eigenvalue weighted by atomic mass is 79.9. The Kier molecular flexibility index (Phi) is 5.55. The molecule has 0 aliphatic carbocycles. The van der Waals surface area contributed by atoms with Crippen LogP contribution in [0.3, 0.4) is 0 Å². The molecule has 0 aliphatic heterocycles. The van der Waals surface area contributed by atoms with E-state index in [0.717, 1.165) is 6.26 Å². The lowest BCUT2D eigenvalue weighted by Crippen LogP contribution is -2.12. The molecule has 1 N–H and O–H groups in total. The van der Waals surface area contributed by atoms with Crippen molar-refractivity contribution >= 4 is 31.7 Å². The molecular weight excluding hydrogens is 260 g/mol. The number of carboxylic acid groups (broad SMARTS) is 1. The zero-order chi connectivity index (χ0) is 10.5. The second-order valence-electron chi connectivity index (χ2n) is 2.88. The maximum atomic E-state index is 10.9. The van der Waals surface area contributed by atoms with E-state index in [1.807, 2.05) is 0 Å². The lowest BCUT2D eigenvalue weighted by atomic mass is 10.2. The van der Waals surface area contributed by atoms with E-state index >= 15 is 0 Å². The molecule has 0 spiro atoms. The van der Waals surface area contributed by atoms with Gasteiger partial charge in [-0.2, -0.15) is 0 Å².